The third-order valence-electron chi connectivity index (χ3n) is 6.12. The molecule has 1 fully saturated rings. The summed E-state index contributed by atoms with van der Waals surface area (Å²) in [5.41, 5.74) is 1.09. The number of carbonyl (C=O) groups is 3. The van der Waals surface area contributed by atoms with Crippen molar-refractivity contribution in [1.29, 1.82) is 0 Å². The molecular weight excluding hydrogens is 442 g/mol. The summed E-state index contributed by atoms with van der Waals surface area (Å²) in [6.07, 6.45) is 6.18. The predicted molar refractivity (Wildman–Crippen MR) is 139 cm³/mol. The summed E-state index contributed by atoms with van der Waals surface area (Å²) in [5.74, 6) is -0.784. The Morgan fingerprint density at radius 2 is 1.71 bits per heavy atom. The first-order chi connectivity index (χ1) is 16.4. The van der Waals surface area contributed by atoms with Crippen LogP contribution >= 0.6 is 0 Å². The van der Waals surface area contributed by atoms with Gasteiger partial charge in [0.15, 0.2) is 0 Å². The van der Waals surface area contributed by atoms with Crippen molar-refractivity contribution >= 4 is 17.9 Å². The summed E-state index contributed by atoms with van der Waals surface area (Å²) >= 11 is 0. The maximum atomic E-state index is 13.9. The maximum Gasteiger partial charge on any atom is 0.408 e. The van der Waals surface area contributed by atoms with E-state index < -0.39 is 23.8 Å². The lowest BCUT2D eigenvalue weighted by Gasteiger charge is -2.36. The van der Waals surface area contributed by atoms with Crippen molar-refractivity contribution in [3.8, 4) is 0 Å². The van der Waals surface area contributed by atoms with Crippen molar-refractivity contribution in [3.05, 3.63) is 48.0 Å². The van der Waals surface area contributed by atoms with Gasteiger partial charge in [-0.2, -0.15) is 0 Å². The second kappa shape index (κ2) is 12.8. The minimum atomic E-state index is -0.861. The number of hydrogen-bond donors (Lipinski definition) is 2. The van der Waals surface area contributed by atoms with E-state index in [4.69, 9.17) is 4.74 Å². The topological polar surface area (TPSA) is 87.7 Å². The Balaban J connectivity index is 2.39. The van der Waals surface area contributed by atoms with Crippen LogP contribution in [0.25, 0.3) is 0 Å². The van der Waals surface area contributed by atoms with E-state index in [0.717, 1.165) is 36.8 Å². The molecule has 2 unspecified atom stereocenters. The lowest BCUT2D eigenvalue weighted by molar-refractivity contribution is -0.143. The average molecular weight is 486 g/mol. The molecule has 3 amide bonds. The van der Waals surface area contributed by atoms with E-state index in [1.807, 2.05) is 45.0 Å². The van der Waals surface area contributed by atoms with Gasteiger partial charge in [0.25, 0.3) is 0 Å². The number of amides is 3. The highest BCUT2D eigenvalue weighted by atomic mass is 16.6. The van der Waals surface area contributed by atoms with Gasteiger partial charge in [0.2, 0.25) is 11.8 Å². The zero-order valence-corrected chi connectivity index (χ0v) is 22.2. The summed E-state index contributed by atoms with van der Waals surface area (Å²) in [7, 11) is 0. The highest BCUT2D eigenvalue weighted by Crippen LogP contribution is 2.26. The van der Waals surface area contributed by atoms with Gasteiger partial charge >= 0.3 is 6.09 Å². The summed E-state index contributed by atoms with van der Waals surface area (Å²) in [5, 5.41) is 5.92. The third kappa shape index (κ3) is 8.71. The van der Waals surface area contributed by atoms with Crippen LogP contribution in [0.5, 0.6) is 0 Å². The molecule has 1 aromatic rings. The van der Waals surface area contributed by atoms with Crippen LogP contribution in [-0.2, 0) is 14.3 Å². The van der Waals surface area contributed by atoms with Gasteiger partial charge in [0, 0.05) is 12.6 Å². The molecule has 1 aliphatic rings. The number of nitrogens with one attached hydrogen (secondary N) is 2. The van der Waals surface area contributed by atoms with E-state index >= 15 is 0 Å². The number of carbonyl (C=O) groups excluding carboxylic acids is 3. The van der Waals surface area contributed by atoms with Gasteiger partial charge in [-0.25, -0.2) is 4.79 Å². The van der Waals surface area contributed by atoms with E-state index in [2.05, 4.69) is 17.2 Å². The zero-order valence-electron chi connectivity index (χ0n) is 22.2. The number of ether oxygens (including phenoxy) is 1. The molecular formula is C28H43N3O4. The van der Waals surface area contributed by atoms with Crippen LogP contribution in [0.1, 0.15) is 83.9 Å². The minimum Gasteiger partial charge on any atom is -0.444 e. The Kier molecular flexibility index (Phi) is 10.3. The van der Waals surface area contributed by atoms with Crippen molar-refractivity contribution in [2.75, 3.05) is 6.54 Å². The molecule has 0 aromatic heterocycles. The Bertz CT molecular complexity index is 867. The van der Waals surface area contributed by atoms with Crippen LogP contribution in [0.15, 0.2) is 36.9 Å². The number of alkyl carbamates (subject to hydrolysis) is 1. The van der Waals surface area contributed by atoms with Gasteiger partial charge < -0.3 is 20.3 Å². The molecule has 0 saturated heterocycles. The Hall–Kier alpha value is -2.83. The molecule has 1 saturated carbocycles. The Labute approximate surface area is 210 Å². The predicted octanol–water partition coefficient (Wildman–Crippen LogP) is 5.05. The van der Waals surface area contributed by atoms with Crippen molar-refractivity contribution in [1.82, 2.24) is 15.5 Å². The zero-order chi connectivity index (χ0) is 26.2. The van der Waals surface area contributed by atoms with Crippen LogP contribution in [-0.4, -0.2) is 47.0 Å². The highest BCUT2D eigenvalue weighted by Gasteiger charge is 2.37. The quantitative estimate of drug-likeness (QED) is 0.479. The number of aryl methyl sites for hydroxylation is 1. The molecule has 194 valence electrons. The summed E-state index contributed by atoms with van der Waals surface area (Å²) in [6.45, 7) is 15.0. The molecule has 0 spiro atoms. The monoisotopic (exact) mass is 485 g/mol. The first-order valence-corrected chi connectivity index (χ1v) is 12.7. The number of nitrogens with zero attached hydrogens (tertiary/aromatic N) is 1. The lowest BCUT2D eigenvalue weighted by Crippen LogP contribution is -2.55. The largest absolute Gasteiger partial charge is 0.444 e. The molecule has 0 aliphatic heterocycles. The fourth-order valence-electron chi connectivity index (χ4n) is 4.34. The molecule has 7 heteroatoms. The number of hydrogen-bond acceptors (Lipinski definition) is 4. The van der Waals surface area contributed by atoms with E-state index in [-0.39, 0.29) is 30.3 Å². The van der Waals surface area contributed by atoms with Gasteiger partial charge in [0.05, 0.1) is 0 Å². The second-order valence-corrected chi connectivity index (χ2v) is 10.8. The molecule has 7 nitrogen and oxygen atoms in total. The van der Waals surface area contributed by atoms with Crippen molar-refractivity contribution in [2.24, 2.45) is 5.92 Å². The van der Waals surface area contributed by atoms with E-state index in [0.29, 0.717) is 0 Å². The molecule has 1 aliphatic carbocycles. The van der Waals surface area contributed by atoms with Gasteiger partial charge in [-0.05, 0) is 52.0 Å². The van der Waals surface area contributed by atoms with Gasteiger partial charge in [0.1, 0.15) is 17.7 Å². The van der Waals surface area contributed by atoms with Crippen LogP contribution in [0, 0.1) is 12.8 Å². The molecule has 2 atom stereocenters. The van der Waals surface area contributed by atoms with Crippen LogP contribution in [0.2, 0.25) is 0 Å². The average Bonchev–Trinajstić information content (AvgIpc) is 2.77. The van der Waals surface area contributed by atoms with Gasteiger partial charge in [-0.15, -0.1) is 6.58 Å². The van der Waals surface area contributed by atoms with E-state index in [9.17, 15) is 14.4 Å². The minimum absolute atomic E-state index is 0.102. The van der Waals surface area contributed by atoms with E-state index in [1.165, 1.54) is 11.3 Å². The molecule has 0 heterocycles. The Morgan fingerprint density at radius 1 is 1.11 bits per heavy atom. The second-order valence-electron chi connectivity index (χ2n) is 10.8. The maximum absolute atomic E-state index is 13.9. The molecule has 0 radical (unpaired) electrons. The van der Waals surface area contributed by atoms with Crippen molar-refractivity contribution < 1.29 is 19.1 Å². The molecule has 2 rings (SSSR count). The smallest absolute Gasteiger partial charge is 0.408 e. The first-order valence-electron chi connectivity index (χ1n) is 12.7. The standard InChI is InChI=1S/C28H43N3O4/c1-8-18-31(26(33)23(19(2)3)30-27(34)35-28(5,6)7)24(21-16-14-20(4)15-17-21)25(32)29-22-12-10-9-11-13-22/h8,14-17,19,22-24H,1,9-13,18H2,2-7H3,(H,29,32)(H,30,34). The summed E-state index contributed by atoms with van der Waals surface area (Å²) in [6, 6.07) is 6.04. The normalized spacial score (nSPS) is 16.2. The van der Waals surface area contributed by atoms with Crippen molar-refractivity contribution in [2.45, 2.75) is 97.4 Å². The summed E-state index contributed by atoms with van der Waals surface area (Å²) in [4.78, 5) is 41.6. The van der Waals surface area contributed by atoms with Crippen LogP contribution in [0.3, 0.4) is 0 Å². The van der Waals surface area contributed by atoms with Crippen LogP contribution in [0.4, 0.5) is 4.79 Å². The SMILES string of the molecule is C=CCN(C(=O)C(NC(=O)OC(C)(C)C)C(C)C)C(C(=O)NC1CCCCC1)c1ccc(C)cc1. The fraction of sp³-hybridized carbons (Fsp3) is 0.607. The van der Waals surface area contributed by atoms with Crippen molar-refractivity contribution in [3.63, 3.8) is 0 Å². The third-order valence-corrected chi connectivity index (χ3v) is 6.12. The highest BCUT2D eigenvalue weighted by molar-refractivity contribution is 5.92. The lowest BCUT2D eigenvalue weighted by atomic mass is 9.94. The molecule has 0 bridgehead atoms. The van der Waals surface area contributed by atoms with Gasteiger partial charge in [-0.1, -0.05) is 69.0 Å². The van der Waals surface area contributed by atoms with E-state index in [1.54, 1.807) is 26.8 Å². The number of rotatable bonds is 9. The van der Waals surface area contributed by atoms with Gasteiger partial charge in [-0.3, -0.25) is 9.59 Å². The molecule has 2 N–H and O–H groups in total. The Morgan fingerprint density at radius 3 is 2.23 bits per heavy atom. The summed E-state index contributed by atoms with van der Waals surface area (Å²) < 4.78 is 5.39. The molecule has 35 heavy (non-hydrogen) atoms. The van der Waals surface area contributed by atoms with Crippen LogP contribution < -0.4 is 10.6 Å². The molecule has 1 aromatic carbocycles. The fourth-order valence-corrected chi connectivity index (χ4v) is 4.34. The number of benzene rings is 1. The first kappa shape index (κ1) is 28.4.